The molecule has 0 fully saturated rings. The molecule has 0 saturated carbocycles. The summed E-state index contributed by atoms with van der Waals surface area (Å²) in [6, 6.07) is 17.3. The van der Waals surface area contributed by atoms with Gasteiger partial charge in [-0.15, -0.1) is 0 Å². The number of hydrogen-bond donors (Lipinski definition) is 2. The molecular weight excluding hydrogens is 530 g/mol. The Kier molecular flexibility index (Phi) is 11.6. The minimum Gasteiger partial charge on any atom is -1.00 e. The Balaban J connectivity index is 0.00000216. The summed E-state index contributed by atoms with van der Waals surface area (Å²) >= 11 is 11.9. The summed E-state index contributed by atoms with van der Waals surface area (Å²) in [5.41, 5.74) is 3.96. The van der Waals surface area contributed by atoms with Crippen molar-refractivity contribution in [1.82, 2.24) is 15.3 Å². The van der Waals surface area contributed by atoms with Crippen LogP contribution in [0.4, 0.5) is 5.69 Å². The van der Waals surface area contributed by atoms with Crippen LogP contribution in [-0.2, 0) is 13.2 Å². The van der Waals surface area contributed by atoms with E-state index in [9.17, 15) is 0 Å². The van der Waals surface area contributed by atoms with Gasteiger partial charge in [0.2, 0.25) is 0 Å². The van der Waals surface area contributed by atoms with Crippen molar-refractivity contribution in [3.05, 3.63) is 88.3 Å². The molecule has 0 amide bonds. The van der Waals surface area contributed by atoms with Crippen molar-refractivity contribution >= 4 is 39.8 Å². The van der Waals surface area contributed by atoms with Gasteiger partial charge < -0.3 is 44.9 Å². The minimum absolute atomic E-state index is 0. The van der Waals surface area contributed by atoms with Crippen LogP contribution in [0, 0.1) is 0 Å². The van der Waals surface area contributed by atoms with Crippen molar-refractivity contribution in [3.8, 4) is 11.5 Å². The Morgan fingerprint density at radius 3 is 2.46 bits per heavy atom. The monoisotopic (exact) mass is 552 g/mol. The molecule has 10 heteroatoms. The Morgan fingerprint density at radius 2 is 1.69 bits per heavy atom. The molecule has 2 aromatic carbocycles. The summed E-state index contributed by atoms with van der Waals surface area (Å²) in [4.78, 5) is 8.44. The van der Waals surface area contributed by atoms with E-state index >= 15 is 0 Å². The molecule has 6 nitrogen and oxygen atoms in total. The van der Waals surface area contributed by atoms with E-state index in [1.54, 1.807) is 25.6 Å². The molecule has 0 aliphatic rings. The van der Waals surface area contributed by atoms with E-state index in [0.717, 1.165) is 40.8 Å². The smallest absolute Gasteiger partial charge is 0.161 e. The van der Waals surface area contributed by atoms with Crippen LogP contribution in [0.15, 0.2) is 67.0 Å². The Hall–Kier alpha value is -2.48. The van der Waals surface area contributed by atoms with Gasteiger partial charge in [-0.05, 0) is 48.0 Å². The summed E-state index contributed by atoms with van der Waals surface area (Å²) in [6.45, 7) is 2.67. The largest absolute Gasteiger partial charge is 1.00 e. The average Bonchev–Trinajstić information content (AvgIpc) is 2.83. The molecule has 2 N–H and O–H groups in total. The van der Waals surface area contributed by atoms with Gasteiger partial charge in [-0.25, -0.2) is 4.98 Å². The molecule has 0 saturated heterocycles. The molecular formula is C25H24Cl4N4O2-2. The molecule has 4 aromatic rings. The highest BCUT2D eigenvalue weighted by Crippen LogP contribution is 2.29. The molecule has 0 radical (unpaired) electrons. The van der Waals surface area contributed by atoms with Gasteiger partial charge in [-0.3, -0.25) is 4.98 Å². The Labute approximate surface area is 227 Å². The summed E-state index contributed by atoms with van der Waals surface area (Å²) in [5, 5.41) is 9.10. The van der Waals surface area contributed by atoms with Gasteiger partial charge >= 0.3 is 0 Å². The lowest BCUT2D eigenvalue weighted by Gasteiger charge is -2.13. The van der Waals surface area contributed by atoms with Crippen molar-refractivity contribution < 1.29 is 34.3 Å². The first-order chi connectivity index (χ1) is 16.1. The lowest BCUT2D eigenvalue weighted by atomic mass is 10.2. The number of nitrogens with one attached hydrogen (secondary N) is 2. The van der Waals surface area contributed by atoms with Crippen molar-refractivity contribution in [1.29, 1.82) is 0 Å². The van der Waals surface area contributed by atoms with E-state index in [0.29, 0.717) is 34.8 Å². The van der Waals surface area contributed by atoms with Gasteiger partial charge in [0, 0.05) is 53.7 Å². The van der Waals surface area contributed by atoms with E-state index in [4.69, 9.17) is 32.7 Å². The number of halogens is 4. The number of pyridine rings is 2. The predicted molar refractivity (Wildman–Crippen MR) is 134 cm³/mol. The number of fused-ring (bicyclic) bond motifs is 1. The summed E-state index contributed by atoms with van der Waals surface area (Å²) < 4.78 is 11.4. The van der Waals surface area contributed by atoms with Crippen LogP contribution in [-0.4, -0.2) is 30.2 Å². The number of aromatic nitrogens is 2. The third kappa shape index (κ3) is 8.02. The molecule has 0 aliphatic heterocycles. The summed E-state index contributed by atoms with van der Waals surface area (Å²) in [5.74, 6) is 1.37. The molecule has 0 bridgehead atoms. The maximum atomic E-state index is 6.06. The molecule has 186 valence electrons. The zero-order valence-corrected chi connectivity index (χ0v) is 21.9. The Morgan fingerprint density at radius 1 is 0.857 bits per heavy atom. The van der Waals surface area contributed by atoms with Gasteiger partial charge in [0.05, 0.1) is 12.6 Å². The first-order valence-electron chi connectivity index (χ1n) is 10.5. The molecule has 0 aliphatic carbocycles. The van der Waals surface area contributed by atoms with Gasteiger partial charge in [-0.1, -0.05) is 35.3 Å². The highest BCUT2D eigenvalue weighted by molar-refractivity contribution is 6.31. The summed E-state index contributed by atoms with van der Waals surface area (Å²) in [6.07, 6.45) is 3.48. The van der Waals surface area contributed by atoms with Crippen LogP contribution in [0.5, 0.6) is 11.5 Å². The number of hydrogen-bond acceptors (Lipinski definition) is 6. The normalized spacial score (nSPS) is 10.3. The van der Waals surface area contributed by atoms with E-state index in [1.807, 2.05) is 48.5 Å². The number of ether oxygens (including phenoxy) is 2. The highest BCUT2D eigenvalue weighted by Gasteiger charge is 2.07. The number of nitrogens with zero attached hydrogens (tertiary/aromatic N) is 2. The van der Waals surface area contributed by atoms with Crippen LogP contribution in [0.25, 0.3) is 10.9 Å². The molecule has 0 atom stereocenters. The minimum atomic E-state index is 0. The summed E-state index contributed by atoms with van der Waals surface area (Å²) in [7, 11) is 1.64. The highest BCUT2D eigenvalue weighted by atomic mass is 35.5. The van der Waals surface area contributed by atoms with Gasteiger partial charge in [-0.2, -0.15) is 0 Å². The molecule has 2 heterocycles. The third-order valence-electron chi connectivity index (χ3n) is 5.06. The van der Waals surface area contributed by atoms with Gasteiger partial charge in [0.1, 0.15) is 11.8 Å². The van der Waals surface area contributed by atoms with E-state index in [2.05, 4.69) is 20.6 Å². The topological polar surface area (TPSA) is 68.3 Å². The lowest BCUT2D eigenvalue weighted by Crippen LogP contribution is -3.00. The molecule has 2 aromatic heterocycles. The van der Waals surface area contributed by atoms with Crippen LogP contribution < -0.4 is 44.9 Å². The maximum absolute atomic E-state index is 6.06. The number of rotatable bonds is 10. The maximum Gasteiger partial charge on any atom is 0.161 e. The SMILES string of the molecule is COc1cc(CNCCNc2ccnc3cc(Cl)ccc23)ccc1OCc1ccc(Cl)nc1.[Cl-].[Cl-]. The van der Waals surface area contributed by atoms with Gasteiger partial charge in [0.25, 0.3) is 0 Å². The fourth-order valence-electron chi connectivity index (χ4n) is 3.39. The van der Waals surface area contributed by atoms with Crippen molar-refractivity contribution in [3.63, 3.8) is 0 Å². The van der Waals surface area contributed by atoms with Crippen molar-refractivity contribution in [2.45, 2.75) is 13.2 Å². The van der Waals surface area contributed by atoms with E-state index in [1.165, 1.54) is 0 Å². The second kappa shape index (κ2) is 14.2. The second-order valence-corrected chi connectivity index (χ2v) is 8.21. The standard InChI is InChI=1S/C25H24Cl2N4O2.2ClH/c1-32-24-12-17(2-6-23(24)33-16-18-3-7-25(27)31-15-18)14-28-10-11-30-21-8-9-29-22-13-19(26)4-5-20(21)22;;/h2-9,12-13,15,28H,10-11,14,16H2,1H3,(H,29,30);2*1H/p-2. The zero-order valence-electron chi connectivity index (χ0n) is 18.9. The average molecular weight is 554 g/mol. The van der Waals surface area contributed by atoms with E-state index in [-0.39, 0.29) is 24.8 Å². The quantitative estimate of drug-likeness (QED) is 0.208. The first kappa shape index (κ1) is 28.8. The predicted octanol–water partition coefficient (Wildman–Crippen LogP) is -0.266. The first-order valence-corrected chi connectivity index (χ1v) is 11.3. The molecule has 35 heavy (non-hydrogen) atoms. The fourth-order valence-corrected chi connectivity index (χ4v) is 3.67. The molecule has 0 unspecified atom stereocenters. The van der Waals surface area contributed by atoms with E-state index < -0.39 is 0 Å². The zero-order chi connectivity index (χ0) is 23.0. The molecule has 4 rings (SSSR count). The van der Waals surface area contributed by atoms with Gasteiger partial charge in [0.15, 0.2) is 11.5 Å². The van der Waals surface area contributed by atoms with Crippen LogP contribution in [0.2, 0.25) is 10.2 Å². The second-order valence-electron chi connectivity index (χ2n) is 7.39. The van der Waals surface area contributed by atoms with Crippen molar-refractivity contribution in [2.24, 2.45) is 0 Å². The molecule has 0 spiro atoms. The number of anilines is 1. The lowest BCUT2D eigenvalue weighted by molar-refractivity contribution is -0.00100. The van der Waals surface area contributed by atoms with Crippen LogP contribution in [0.1, 0.15) is 11.1 Å². The number of benzene rings is 2. The van der Waals surface area contributed by atoms with Crippen LogP contribution in [0.3, 0.4) is 0 Å². The fraction of sp³-hybridized carbons (Fsp3) is 0.200. The Bertz CT molecular complexity index is 1230. The van der Waals surface area contributed by atoms with Crippen molar-refractivity contribution in [2.75, 3.05) is 25.5 Å². The third-order valence-corrected chi connectivity index (χ3v) is 5.52. The number of methoxy groups -OCH3 is 1. The van der Waals surface area contributed by atoms with Crippen LogP contribution >= 0.6 is 23.2 Å².